The Morgan fingerprint density at radius 1 is 0.950 bits per heavy atom. The lowest BCUT2D eigenvalue weighted by molar-refractivity contribution is -0.141. The summed E-state index contributed by atoms with van der Waals surface area (Å²) in [6.45, 7) is 1.44. The van der Waals surface area contributed by atoms with Crippen molar-refractivity contribution in [2.24, 2.45) is 0 Å². The molecule has 1 aromatic carbocycles. The van der Waals surface area contributed by atoms with Gasteiger partial charge in [0, 0.05) is 52.2 Å². The third-order valence-electron chi connectivity index (χ3n) is 7.95. The number of aromatic nitrogens is 2. The summed E-state index contributed by atoms with van der Waals surface area (Å²) in [6.07, 6.45) is 1.15. The van der Waals surface area contributed by atoms with Crippen LogP contribution >= 0.6 is 0 Å². The van der Waals surface area contributed by atoms with Crippen LogP contribution in [-0.4, -0.2) is 73.4 Å². The van der Waals surface area contributed by atoms with Crippen molar-refractivity contribution < 1.29 is 26.4 Å². The number of anilines is 1. The van der Waals surface area contributed by atoms with E-state index < -0.39 is 33.4 Å². The molecule has 0 N–H and O–H groups in total. The SMILES string of the molecule is CN(C)c1ccc(S(=O)(=O)N2CCC(c3ccn4nc(C(F)(F)F)c(C(=O)N5CCCCCC5)c4c3)CC2)cc1. The summed E-state index contributed by atoms with van der Waals surface area (Å²) in [5.74, 6) is -0.694. The number of fused-ring (bicyclic) bond motifs is 1. The Kier molecular flexibility index (Phi) is 7.84. The van der Waals surface area contributed by atoms with Gasteiger partial charge >= 0.3 is 6.18 Å². The highest BCUT2D eigenvalue weighted by Crippen LogP contribution is 2.36. The third-order valence-corrected chi connectivity index (χ3v) is 9.86. The molecule has 2 aliphatic heterocycles. The molecule has 0 bridgehead atoms. The fourth-order valence-electron chi connectivity index (χ4n) is 5.65. The zero-order chi connectivity index (χ0) is 28.7. The van der Waals surface area contributed by atoms with Gasteiger partial charge in [0.15, 0.2) is 5.69 Å². The summed E-state index contributed by atoms with van der Waals surface area (Å²) in [5.41, 5.74) is 0.237. The first-order chi connectivity index (χ1) is 19.0. The van der Waals surface area contributed by atoms with Crippen molar-refractivity contribution in [2.45, 2.75) is 55.5 Å². The van der Waals surface area contributed by atoms with E-state index in [1.54, 1.807) is 36.4 Å². The Morgan fingerprint density at radius 2 is 1.57 bits per heavy atom. The molecule has 0 saturated carbocycles. The van der Waals surface area contributed by atoms with Crippen LogP contribution in [0, 0.1) is 0 Å². The van der Waals surface area contributed by atoms with Crippen molar-refractivity contribution in [1.82, 2.24) is 18.8 Å². The maximum absolute atomic E-state index is 14.0. The molecule has 2 aromatic heterocycles. The first kappa shape index (κ1) is 28.4. The normalized spacial score (nSPS) is 18.2. The molecule has 2 saturated heterocycles. The molecule has 0 spiro atoms. The largest absolute Gasteiger partial charge is 0.436 e. The lowest BCUT2D eigenvalue weighted by Gasteiger charge is -2.31. The highest BCUT2D eigenvalue weighted by molar-refractivity contribution is 7.89. The Morgan fingerprint density at radius 3 is 2.15 bits per heavy atom. The molecule has 5 rings (SSSR count). The third kappa shape index (κ3) is 5.56. The average Bonchev–Trinajstić information content (AvgIpc) is 3.11. The number of halogens is 3. The predicted octanol–water partition coefficient (Wildman–Crippen LogP) is 5.00. The van der Waals surface area contributed by atoms with Crippen LogP contribution in [-0.2, 0) is 16.2 Å². The van der Waals surface area contributed by atoms with Crippen molar-refractivity contribution in [3.63, 3.8) is 0 Å². The van der Waals surface area contributed by atoms with Gasteiger partial charge in [0.05, 0.1) is 16.0 Å². The molecule has 216 valence electrons. The number of nitrogens with zero attached hydrogens (tertiary/aromatic N) is 5. The second-order valence-electron chi connectivity index (χ2n) is 10.8. The van der Waals surface area contributed by atoms with E-state index in [1.807, 2.05) is 19.0 Å². The van der Waals surface area contributed by atoms with Gasteiger partial charge < -0.3 is 9.80 Å². The van der Waals surface area contributed by atoms with Crippen LogP contribution in [0.2, 0.25) is 0 Å². The number of hydrogen-bond donors (Lipinski definition) is 0. The van der Waals surface area contributed by atoms with E-state index in [4.69, 9.17) is 0 Å². The monoisotopic (exact) mass is 577 g/mol. The summed E-state index contributed by atoms with van der Waals surface area (Å²) >= 11 is 0. The molecular formula is C28H34F3N5O3S. The minimum Gasteiger partial charge on any atom is -0.378 e. The molecule has 8 nitrogen and oxygen atoms in total. The van der Waals surface area contributed by atoms with E-state index >= 15 is 0 Å². The molecule has 0 atom stereocenters. The first-order valence-corrected chi connectivity index (χ1v) is 15.1. The first-order valence-electron chi connectivity index (χ1n) is 13.6. The molecule has 1 amide bonds. The summed E-state index contributed by atoms with van der Waals surface area (Å²) in [6, 6.07) is 10.1. The number of piperidine rings is 1. The number of carbonyl (C=O) groups excluding carboxylic acids is 1. The highest BCUT2D eigenvalue weighted by atomic mass is 32.2. The standard InChI is InChI=1S/C28H34F3N5O3S/c1-33(2)22-7-9-23(10-8-22)40(38,39)35-16-11-20(12-17-35)21-13-18-36-24(19-21)25(26(32-36)28(29,30)31)27(37)34-14-5-3-4-6-15-34/h7-10,13,18-20H,3-6,11-12,14-17H2,1-2H3. The van der Waals surface area contributed by atoms with Crippen molar-refractivity contribution in [3.8, 4) is 0 Å². The number of hydrogen-bond acceptors (Lipinski definition) is 5. The van der Waals surface area contributed by atoms with E-state index in [0.717, 1.165) is 41.4 Å². The maximum Gasteiger partial charge on any atom is 0.436 e. The predicted molar refractivity (Wildman–Crippen MR) is 146 cm³/mol. The van der Waals surface area contributed by atoms with E-state index in [9.17, 15) is 26.4 Å². The second-order valence-corrected chi connectivity index (χ2v) is 12.7. The van der Waals surface area contributed by atoms with Gasteiger partial charge in [0.25, 0.3) is 5.91 Å². The van der Waals surface area contributed by atoms with E-state index in [0.29, 0.717) is 39.0 Å². The number of amides is 1. The van der Waals surface area contributed by atoms with Crippen molar-refractivity contribution in [3.05, 3.63) is 59.4 Å². The van der Waals surface area contributed by atoms with Crippen molar-refractivity contribution >= 4 is 27.1 Å². The topological polar surface area (TPSA) is 78.2 Å². The Bertz CT molecular complexity index is 1470. The molecule has 4 heterocycles. The number of benzene rings is 1. The van der Waals surface area contributed by atoms with Gasteiger partial charge in [0.1, 0.15) is 0 Å². The highest BCUT2D eigenvalue weighted by Gasteiger charge is 2.41. The minimum absolute atomic E-state index is 0.0575. The molecule has 0 radical (unpaired) electrons. The number of pyridine rings is 1. The van der Waals surface area contributed by atoms with Crippen molar-refractivity contribution in [1.29, 1.82) is 0 Å². The number of alkyl halides is 3. The van der Waals surface area contributed by atoms with Gasteiger partial charge in [-0.05, 0) is 73.6 Å². The van der Waals surface area contributed by atoms with Gasteiger partial charge in [-0.2, -0.15) is 22.6 Å². The molecule has 12 heteroatoms. The number of likely N-dealkylation sites (tertiary alicyclic amines) is 1. The molecule has 3 aromatic rings. The Hall–Kier alpha value is -3.12. The molecule has 0 unspecified atom stereocenters. The summed E-state index contributed by atoms with van der Waals surface area (Å²) in [7, 11) is 0.0989. The van der Waals surface area contributed by atoms with Crippen molar-refractivity contribution in [2.75, 3.05) is 45.2 Å². The van der Waals surface area contributed by atoms with E-state index in [1.165, 1.54) is 15.4 Å². The van der Waals surface area contributed by atoms with Gasteiger partial charge in [-0.15, -0.1) is 0 Å². The minimum atomic E-state index is -4.77. The lowest BCUT2D eigenvalue weighted by Crippen LogP contribution is -2.37. The molecule has 0 aliphatic carbocycles. The second kappa shape index (κ2) is 11.0. The maximum atomic E-state index is 14.0. The van der Waals surface area contributed by atoms with E-state index in [2.05, 4.69) is 5.10 Å². The average molecular weight is 578 g/mol. The van der Waals surface area contributed by atoms with Crippen LogP contribution in [0.15, 0.2) is 47.5 Å². The van der Waals surface area contributed by atoms with Crippen LogP contribution < -0.4 is 4.90 Å². The Labute approximate surface area is 232 Å². The van der Waals surface area contributed by atoms with Crippen LogP contribution in [0.1, 0.15) is 66.1 Å². The zero-order valence-corrected chi connectivity index (χ0v) is 23.5. The Balaban J connectivity index is 1.39. The summed E-state index contributed by atoms with van der Waals surface area (Å²) in [4.78, 5) is 17.1. The summed E-state index contributed by atoms with van der Waals surface area (Å²) < 4.78 is 71.0. The fraction of sp³-hybridized carbons (Fsp3) is 0.500. The lowest BCUT2D eigenvalue weighted by atomic mass is 9.90. The van der Waals surface area contributed by atoms with Gasteiger partial charge in [-0.3, -0.25) is 4.79 Å². The quantitative estimate of drug-likeness (QED) is 0.427. The molecule has 2 fully saturated rings. The van der Waals surface area contributed by atoms with Crippen LogP contribution in [0.4, 0.5) is 18.9 Å². The molecule has 2 aliphatic rings. The number of sulfonamides is 1. The fourth-order valence-corrected chi connectivity index (χ4v) is 7.12. The van der Waals surface area contributed by atoms with Crippen LogP contribution in [0.25, 0.3) is 5.52 Å². The zero-order valence-electron chi connectivity index (χ0n) is 22.7. The van der Waals surface area contributed by atoms with Gasteiger partial charge in [-0.1, -0.05) is 12.8 Å². The van der Waals surface area contributed by atoms with Gasteiger partial charge in [-0.25, -0.2) is 12.9 Å². The number of rotatable bonds is 5. The van der Waals surface area contributed by atoms with Gasteiger partial charge in [0.2, 0.25) is 10.0 Å². The smallest absolute Gasteiger partial charge is 0.378 e. The summed E-state index contributed by atoms with van der Waals surface area (Å²) in [5, 5.41) is 3.76. The van der Waals surface area contributed by atoms with Crippen LogP contribution in [0.3, 0.4) is 0 Å². The van der Waals surface area contributed by atoms with E-state index in [-0.39, 0.29) is 16.3 Å². The number of carbonyl (C=O) groups is 1. The van der Waals surface area contributed by atoms with Crippen LogP contribution in [0.5, 0.6) is 0 Å². The molecule has 40 heavy (non-hydrogen) atoms. The molecular weight excluding hydrogens is 543 g/mol.